The topological polar surface area (TPSA) is 57.6 Å². The number of hydrogen-bond acceptors (Lipinski definition) is 3. The van der Waals surface area contributed by atoms with Crippen LogP contribution in [-0.2, 0) is 9.59 Å². The number of aliphatic hydroxyl groups is 1. The maximum Gasteiger partial charge on any atom is 0.229 e. The fraction of sp³-hybridized carbons (Fsp3) is 0.800. The van der Waals surface area contributed by atoms with E-state index in [0.29, 0.717) is 25.7 Å². The second-order valence-electron chi connectivity index (χ2n) is 4.12. The van der Waals surface area contributed by atoms with Gasteiger partial charge in [-0.15, -0.1) is 0 Å². The molecular weight excluding hydrogens is 182 g/mol. The molecule has 0 radical (unpaired) electrons. The summed E-state index contributed by atoms with van der Waals surface area (Å²) in [5.41, 5.74) is 0. The maximum absolute atomic E-state index is 11.4. The summed E-state index contributed by atoms with van der Waals surface area (Å²) < 4.78 is 0. The predicted octanol–water partition coefficient (Wildman–Crippen LogP) is 0.439. The molecule has 2 fully saturated rings. The molecule has 1 aliphatic carbocycles. The Labute approximate surface area is 82.9 Å². The number of imide groups is 1. The molecule has 1 N–H and O–H groups in total. The van der Waals surface area contributed by atoms with E-state index in [9.17, 15) is 14.7 Å². The molecule has 4 heteroatoms. The molecule has 1 saturated carbocycles. The molecule has 0 bridgehead atoms. The van der Waals surface area contributed by atoms with E-state index in [1.165, 1.54) is 4.90 Å². The van der Waals surface area contributed by atoms with Crippen molar-refractivity contribution in [2.45, 2.75) is 50.7 Å². The van der Waals surface area contributed by atoms with Gasteiger partial charge in [0.05, 0.1) is 6.10 Å². The number of amides is 2. The Kier molecular flexibility index (Phi) is 2.54. The van der Waals surface area contributed by atoms with Crippen molar-refractivity contribution in [1.82, 2.24) is 4.90 Å². The van der Waals surface area contributed by atoms with Gasteiger partial charge in [0.15, 0.2) is 0 Å². The van der Waals surface area contributed by atoms with E-state index in [1.807, 2.05) is 0 Å². The van der Waals surface area contributed by atoms with Crippen molar-refractivity contribution < 1.29 is 14.7 Å². The number of nitrogens with zero attached hydrogens (tertiary/aromatic N) is 1. The zero-order chi connectivity index (χ0) is 10.1. The predicted molar refractivity (Wildman–Crippen MR) is 49.3 cm³/mol. The van der Waals surface area contributed by atoms with Crippen molar-refractivity contribution in [2.75, 3.05) is 0 Å². The molecule has 0 atom stereocenters. The quantitative estimate of drug-likeness (QED) is 0.620. The minimum atomic E-state index is -0.237. The van der Waals surface area contributed by atoms with E-state index in [0.717, 1.165) is 12.8 Å². The van der Waals surface area contributed by atoms with Crippen LogP contribution in [0.3, 0.4) is 0 Å². The average molecular weight is 197 g/mol. The highest BCUT2D eigenvalue weighted by Gasteiger charge is 2.36. The van der Waals surface area contributed by atoms with Crippen LogP contribution < -0.4 is 0 Å². The van der Waals surface area contributed by atoms with Gasteiger partial charge in [-0.05, 0) is 25.7 Å². The number of carbonyl (C=O) groups excluding carboxylic acids is 2. The molecule has 2 amide bonds. The molecular formula is C10H15NO3. The van der Waals surface area contributed by atoms with Crippen LogP contribution in [0.2, 0.25) is 0 Å². The van der Waals surface area contributed by atoms with Crippen LogP contribution in [-0.4, -0.2) is 34.0 Å². The molecule has 0 unspecified atom stereocenters. The van der Waals surface area contributed by atoms with E-state index in [1.54, 1.807) is 0 Å². The second-order valence-corrected chi connectivity index (χ2v) is 4.12. The lowest BCUT2D eigenvalue weighted by Crippen LogP contribution is -2.42. The third-order valence-corrected chi connectivity index (χ3v) is 3.12. The SMILES string of the molecule is O=C1CCC(=O)N1C1CCC(O)CC1. The summed E-state index contributed by atoms with van der Waals surface area (Å²) >= 11 is 0. The number of carbonyl (C=O) groups is 2. The lowest BCUT2D eigenvalue weighted by molar-refractivity contribution is -0.142. The van der Waals surface area contributed by atoms with Crippen LogP contribution in [0.4, 0.5) is 0 Å². The fourth-order valence-electron chi connectivity index (χ4n) is 2.32. The Morgan fingerprint density at radius 1 is 1.00 bits per heavy atom. The summed E-state index contributed by atoms with van der Waals surface area (Å²) in [4.78, 5) is 24.2. The summed E-state index contributed by atoms with van der Waals surface area (Å²) in [6.07, 6.45) is 3.45. The van der Waals surface area contributed by atoms with Gasteiger partial charge >= 0.3 is 0 Å². The Morgan fingerprint density at radius 3 is 2.00 bits per heavy atom. The minimum Gasteiger partial charge on any atom is -0.393 e. The van der Waals surface area contributed by atoms with Gasteiger partial charge in [0, 0.05) is 18.9 Å². The smallest absolute Gasteiger partial charge is 0.229 e. The van der Waals surface area contributed by atoms with Gasteiger partial charge < -0.3 is 5.11 Å². The Morgan fingerprint density at radius 2 is 1.50 bits per heavy atom. The van der Waals surface area contributed by atoms with Crippen molar-refractivity contribution in [3.63, 3.8) is 0 Å². The highest BCUT2D eigenvalue weighted by Crippen LogP contribution is 2.27. The second kappa shape index (κ2) is 3.69. The molecule has 4 nitrogen and oxygen atoms in total. The molecule has 0 aromatic carbocycles. The van der Waals surface area contributed by atoms with Crippen LogP contribution in [0, 0.1) is 0 Å². The van der Waals surface area contributed by atoms with Gasteiger partial charge in [-0.1, -0.05) is 0 Å². The summed E-state index contributed by atoms with van der Waals surface area (Å²) in [5.74, 6) is -0.0622. The van der Waals surface area contributed by atoms with Crippen LogP contribution in [0.5, 0.6) is 0 Å². The first kappa shape index (κ1) is 9.65. The van der Waals surface area contributed by atoms with Gasteiger partial charge in [-0.2, -0.15) is 0 Å². The zero-order valence-corrected chi connectivity index (χ0v) is 8.11. The van der Waals surface area contributed by atoms with Crippen LogP contribution in [0.25, 0.3) is 0 Å². The highest BCUT2D eigenvalue weighted by molar-refractivity contribution is 6.02. The zero-order valence-electron chi connectivity index (χ0n) is 8.11. The Bertz CT molecular complexity index is 240. The summed E-state index contributed by atoms with van der Waals surface area (Å²) in [7, 11) is 0. The Balaban J connectivity index is 2.00. The largest absolute Gasteiger partial charge is 0.393 e. The molecule has 0 aromatic rings. The van der Waals surface area contributed by atoms with Crippen LogP contribution in [0.1, 0.15) is 38.5 Å². The van der Waals surface area contributed by atoms with Crippen LogP contribution >= 0.6 is 0 Å². The summed E-state index contributed by atoms with van der Waals surface area (Å²) in [5, 5.41) is 9.31. The van der Waals surface area contributed by atoms with Crippen molar-refractivity contribution in [3.05, 3.63) is 0 Å². The highest BCUT2D eigenvalue weighted by atomic mass is 16.3. The molecule has 0 aromatic heterocycles. The molecule has 0 spiro atoms. The molecule has 1 heterocycles. The first-order valence-electron chi connectivity index (χ1n) is 5.21. The monoisotopic (exact) mass is 197 g/mol. The van der Waals surface area contributed by atoms with Gasteiger partial charge in [0.25, 0.3) is 0 Å². The third-order valence-electron chi connectivity index (χ3n) is 3.12. The normalized spacial score (nSPS) is 33.9. The number of hydrogen-bond donors (Lipinski definition) is 1. The van der Waals surface area contributed by atoms with Gasteiger partial charge in [0.2, 0.25) is 11.8 Å². The lowest BCUT2D eigenvalue weighted by atomic mass is 9.92. The molecule has 2 aliphatic rings. The molecule has 78 valence electrons. The number of likely N-dealkylation sites (tertiary alicyclic amines) is 1. The first-order valence-corrected chi connectivity index (χ1v) is 5.21. The standard InChI is InChI=1S/C10H15NO3/c12-8-3-1-7(2-4-8)11-9(13)5-6-10(11)14/h7-8,12H,1-6H2. The summed E-state index contributed by atoms with van der Waals surface area (Å²) in [6, 6.07) is 0.0564. The average Bonchev–Trinajstić information content (AvgIpc) is 2.49. The van der Waals surface area contributed by atoms with Crippen LogP contribution in [0.15, 0.2) is 0 Å². The van der Waals surface area contributed by atoms with Crippen molar-refractivity contribution in [3.8, 4) is 0 Å². The Hall–Kier alpha value is -0.900. The fourth-order valence-corrected chi connectivity index (χ4v) is 2.32. The first-order chi connectivity index (χ1) is 6.68. The van der Waals surface area contributed by atoms with E-state index in [4.69, 9.17) is 0 Å². The molecule has 2 rings (SSSR count). The molecule has 1 aliphatic heterocycles. The van der Waals surface area contributed by atoms with E-state index in [-0.39, 0.29) is 24.0 Å². The maximum atomic E-state index is 11.4. The number of aliphatic hydroxyl groups excluding tert-OH is 1. The minimum absolute atomic E-state index is 0.0311. The van der Waals surface area contributed by atoms with Crippen molar-refractivity contribution >= 4 is 11.8 Å². The van der Waals surface area contributed by atoms with Gasteiger partial charge in [0.1, 0.15) is 0 Å². The lowest BCUT2D eigenvalue weighted by Gasteiger charge is -2.31. The van der Waals surface area contributed by atoms with Crippen molar-refractivity contribution in [2.24, 2.45) is 0 Å². The van der Waals surface area contributed by atoms with E-state index in [2.05, 4.69) is 0 Å². The van der Waals surface area contributed by atoms with E-state index >= 15 is 0 Å². The van der Waals surface area contributed by atoms with E-state index < -0.39 is 0 Å². The third kappa shape index (κ3) is 1.66. The molecule has 1 saturated heterocycles. The molecule has 14 heavy (non-hydrogen) atoms. The van der Waals surface area contributed by atoms with Crippen molar-refractivity contribution in [1.29, 1.82) is 0 Å². The number of rotatable bonds is 1. The van der Waals surface area contributed by atoms with Gasteiger partial charge in [-0.25, -0.2) is 0 Å². The van der Waals surface area contributed by atoms with Gasteiger partial charge in [-0.3, -0.25) is 14.5 Å². The summed E-state index contributed by atoms with van der Waals surface area (Å²) in [6.45, 7) is 0.